The van der Waals surface area contributed by atoms with E-state index in [9.17, 15) is 34.8 Å². The van der Waals surface area contributed by atoms with E-state index in [2.05, 4.69) is 56.5 Å². The van der Waals surface area contributed by atoms with Crippen LogP contribution in [0.15, 0.2) is 12.7 Å². The third-order valence-corrected chi connectivity index (χ3v) is 12.3. The minimum absolute atomic E-state index is 0.00893. The molecule has 0 radical (unpaired) electrons. The number of aliphatic hydroxyl groups excluding tert-OH is 6. The number of anilines is 2. The number of carbonyl (C=O) groups excluding carboxylic acids is 3. The molecule has 3 aliphatic carbocycles. The lowest BCUT2D eigenvalue weighted by atomic mass is 9.91. The molecular formula is C35H46Cl2N14O9. The number of nitrogens with one attached hydrogen (secondary N) is 5. The first-order valence-corrected chi connectivity index (χ1v) is 20.5. The first kappa shape index (κ1) is 42.0. The zero-order valence-corrected chi connectivity index (χ0v) is 33.5. The van der Waals surface area contributed by atoms with Crippen LogP contribution in [-0.2, 0) is 9.59 Å². The Kier molecular flexibility index (Phi) is 12.1. The van der Waals surface area contributed by atoms with E-state index >= 15 is 0 Å². The molecule has 25 heteroatoms. The summed E-state index contributed by atoms with van der Waals surface area (Å²) in [4.78, 5) is 65.0. The molecule has 5 heterocycles. The van der Waals surface area contributed by atoms with Gasteiger partial charge >= 0.3 is 6.03 Å². The number of hydrogen-bond donors (Lipinski definition) is 11. The van der Waals surface area contributed by atoms with Gasteiger partial charge in [0, 0.05) is 31.2 Å². The van der Waals surface area contributed by atoms with Gasteiger partial charge in [0.15, 0.2) is 34.0 Å². The van der Waals surface area contributed by atoms with Gasteiger partial charge in [-0.25, -0.2) is 14.8 Å². The van der Waals surface area contributed by atoms with E-state index in [1.54, 1.807) is 14.0 Å². The molecule has 4 aliphatic rings. The topological polar surface area (TPSA) is 323 Å². The largest absolute Gasteiger partial charge is 0.388 e. The monoisotopic (exact) mass is 876 g/mol. The molecule has 11 N–H and O–H groups in total. The zero-order valence-electron chi connectivity index (χ0n) is 32.0. The molecule has 4 amide bonds. The lowest BCUT2D eigenvalue weighted by Gasteiger charge is -2.31. The molecule has 0 aromatic carbocycles. The maximum atomic E-state index is 13.4. The van der Waals surface area contributed by atoms with E-state index in [1.807, 2.05) is 0 Å². The Balaban J connectivity index is 0.845. The summed E-state index contributed by atoms with van der Waals surface area (Å²) in [5.74, 6) is -0.579. The lowest BCUT2D eigenvalue weighted by Crippen LogP contribution is -2.46. The highest BCUT2D eigenvalue weighted by molar-refractivity contribution is 6.29. The summed E-state index contributed by atoms with van der Waals surface area (Å²) in [5.41, 5.74) is 1.45. The van der Waals surface area contributed by atoms with Crippen LogP contribution in [0.3, 0.4) is 0 Å². The summed E-state index contributed by atoms with van der Waals surface area (Å²) in [6.07, 6.45) is 1.66. The van der Waals surface area contributed by atoms with Crippen LogP contribution in [0.1, 0.15) is 57.0 Å². The van der Waals surface area contributed by atoms with Gasteiger partial charge in [0.1, 0.15) is 37.6 Å². The molecule has 60 heavy (non-hydrogen) atoms. The SMILES string of the molecule is O=C(CO)N[C@H]1C[C@@H](n2cnc3c(NC4CCC(NC(=O)N5CC[C@@H](Nc6nc(Cl)nc7c6ncn7[C@@H]6C[C@H](NC(=O)CO)[C@@H](O)[C@H]6O)C5)CC4)nc(Cl)nc32)[C@H](O)[C@@H]1O. The first-order valence-electron chi connectivity index (χ1n) is 19.7. The Labute approximate surface area is 350 Å². The molecule has 1 aliphatic heterocycles. The highest BCUT2D eigenvalue weighted by atomic mass is 35.5. The summed E-state index contributed by atoms with van der Waals surface area (Å²) in [5, 5.41) is 75.8. The van der Waals surface area contributed by atoms with Gasteiger partial charge in [0.2, 0.25) is 22.4 Å². The summed E-state index contributed by atoms with van der Waals surface area (Å²) in [6, 6.07) is -3.39. The Morgan fingerprint density at radius 1 is 0.633 bits per heavy atom. The number of nitrogens with zero attached hydrogens (tertiary/aromatic N) is 9. The number of likely N-dealkylation sites (tertiary alicyclic amines) is 1. The average Bonchev–Trinajstić information content (AvgIpc) is 4.06. The molecule has 0 spiro atoms. The number of aliphatic hydroxyl groups is 6. The molecule has 8 rings (SSSR count). The average molecular weight is 878 g/mol. The molecular weight excluding hydrogens is 831 g/mol. The number of carbonyl (C=O) groups is 3. The second kappa shape index (κ2) is 17.3. The van der Waals surface area contributed by atoms with Crippen LogP contribution in [-0.4, -0.2) is 173 Å². The van der Waals surface area contributed by atoms with Crippen LogP contribution in [0.2, 0.25) is 10.6 Å². The highest BCUT2D eigenvalue weighted by Crippen LogP contribution is 2.36. The van der Waals surface area contributed by atoms with Gasteiger partial charge in [0.05, 0.1) is 36.8 Å². The Bertz CT molecular complexity index is 2240. The molecule has 3 saturated carbocycles. The third-order valence-electron chi connectivity index (χ3n) is 12.0. The zero-order chi connectivity index (χ0) is 42.4. The fraction of sp³-hybridized carbons (Fsp3) is 0.629. The van der Waals surface area contributed by atoms with Gasteiger partial charge in [-0.15, -0.1) is 0 Å². The van der Waals surface area contributed by atoms with Gasteiger partial charge in [-0.1, -0.05) is 0 Å². The Morgan fingerprint density at radius 2 is 1.10 bits per heavy atom. The first-order chi connectivity index (χ1) is 28.8. The normalized spacial score (nSPS) is 30.5. The lowest BCUT2D eigenvalue weighted by molar-refractivity contribution is -0.126. The maximum absolute atomic E-state index is 13.4. The predicted molar refractivity (Wildman–Crippen MR) is 212 cm³/mol. The Morgan fingerprint density at radius 3 is 1.58 bits per heavy atom. The standard InChI is InChI=1S/C35H46Cl2N14O9/c36-33-45-29(23-31(47-33)50(12-38-23)19-7-17(25(56)27(19)58)43-21(54)10-52)40-14-1-3-15(4-2-14)42-35(60)49-6-5-16(9-49)41-30-24-32(48-34(37)46-30)51(13-39-24)20-8-18(26(57)28(20)59)44-22(55)11-53/h12-20,25-28,52-53,56-59H,1-11H2,(H,42,60)(H,43,54)(H,44,55)(H,40,45,47)(H,41,46,48)/t14?,15?,16-,17+,18+,19-,20-,25-,26-,27+,28+/m1/s1. The molecule has 9 atom stereocenters. The third kappa shape index (κ3) is 8.31. The van der Waals surface area contributed by atoms with Crippen LogP contribution in [0.4, 0.5) is 16.4 Å². The van der Waals surface area contributed by atoms with Crippen molar-refractivity contribution in [3.8, 4) is 0 Å². The number of hydrogen-bond acceptors (Lipinski definition) is 17. The molecule has 324 valence electrons. The van der Waals surface area contributed by atoms with E-state index in [-0.39, 0.29) is 47.6 Å². The van der Waals surface area contributed by atoms with Gasteiger partial charge in [-0.2, -0.15) is 19.9 Å². The van der Waals surface area contributed by atoms with Crippen molar-refractivity contribution in [1.29, 1.82) is 0 Å². The van der Waals surface area contributed by atoms with Crippen molar-refractivity contribution in [2.75, 3.05) is 36.9 Å². The number of fused-ring (bicyclic) bond motifs is 2. The second-order valence-electron chi connectivity index (χ2n) is 15.8. The van der Waals surface area contributed by atoms with Crippen molar-refractivity contribution < 1.29 is 45.0 Å². The van der Waals surface area contributed by atoms with Crippen LogP contribution >= 0.6 is 23.2 Å². The van der Waals surface area contributed by atoms with E-state index < -0.39 is 73.6 Å². The second-order valence-corrected chi connectivity index (χ2v) is 16.5. The Hall–Kier alpha value is -4.75. The summed E-state index contributed by atoms with van der Waals surface area (Å²) in [6.45, 7) is -0.611. The fourth-order valence-corrected chi connectivity index (χ4v) is 9.25. The number of rotatable bonds is 11. The number of imidazole rings is 2. The molecule has 4 aromatic heterocycles. The smallest absolute Gasteiger partial charge is 0.317 e. The van der Waals surface area contributed by atoms with Gasteiger partial charge in [-0.05, 0) is 68.1 Å². The summed E-state index contributed by atoms with van der Waals surface area (Å²) < 4.78 is 3.18. The van der Waals surface area contributed by atoms with Gasteiger partial charge in [-0.3, -0.25) is 9.59 Å². The minimum atomic E-state index is -1.28. The number of urea groups is 1. The molecule has 0 unspecified atom stereocenters. The van der Waals surface area contributed by atoms with E-state index in [0.717, 1.165) is 0 Å². The number of halogens is 2. The summed E-state index contributed by atoms with van der Waals surface area (Å²) >= 11 is 12.7. The van der Waals surface area contributed by atoms with Gasteiger partial charge < -0.3 is 71.3 Å². The van der Waals surface area contributed by atoms with Crippen molar-refractivity contribution in [1.82, 2.24) is 59.9 Å². The quantitative estimate of drug-likeness (QED) is 0.0739. The molecule has 23 nitrogen and oxygen atoms in total. The van der Waals surface area contributed by atoms with Crippen LogP contribution in [0.5, 0.6) is 0 Å². The van der Waals surface area contributed by atoms with Crippen LogP contribution in [0, 0.1) is 0 Å². The number of amides is 4. The van der Waals surface area contributed by atoms with Crippen LogP contribution in [0.25, 0.3) is 22.3 Å². The maximum Gasteiger partial charge on any atom is 0.317 e. The van der Waals surface area contributed by atoms with Crippen molar-refractivity contribution in [3.63, 3.8) is 0 Å². The molecule has 4 aromatic rings. The minimum Gasteiger partial charge on any atom is -0.388 e. The number of aromatic nitrogens is 8. The van der Waals surface area contributed by atoms with E-state index in [1.165, 1.54) is 12.7 Å². The molecule has 4 fully saturated rings. The fourth-order valence-electron chi connectivity index (χ4n) is 8.92. The van der Waals surface area contributed by atoms with E-state index in [4.69, 9.17) is 33.4 Å². The van der Waals surface area contributed by atoms with Crippen molar-refractivity contribution in [2.24, 2.45) is 0 Å². The van der Waals surface area contributed by atoms with E-state index in [0.29, 0.717) is 79.2 Å². The van der Waals surface area contributed by atoms with Crippen molar-refractivity contribution in [2.45, 2.75) is 112 Å². The van der Waals surface area contributed by atoms with Crippen LogP contribution < -0.4 is 26.6 Å². The molecule has 1 saturated heterocycles. The predicted octanol–water partition coefficient (Wildman–Crippen LogP) is -1.82. The molecule has 0 bridgehead atoms. The van der Waals surface area contributed by atoms with Crippen molar-refractivity contribution in [3.05, 3.63) is 23.2 Å². The van der Waals surface area contributed by atoms with Gasteiger partial charge in [0.25, 0.3) is 0 Å². The van der Waals surface area contributed by atoms with Crippen molar-refractivity contribution >= 4 is 75.0 Å². The summed E-state index contributed by atoms with van der Waals surface area (Å²) in [7, 11) is 0. The highest BCUT2D eigenvalue weighted by Gasteiger charge is 2.45.